The monoisotopic (exact) mass is 342 g/mol. The number of non-ortho nitro benzene ring substituents is 1. The van der Waals surface area contributed by atoms with Crippen molar-refractivity contribution in [1.29, 1.82) is 0 Å². The summed E-state index contributed by atoms with van der Waals surface area (Å²) in [6, 6.07) is 11.0. The Hall–Kier alpha value is -3.69. The first-order valence-corrected chi connectivity index (χ1v) is 7.10. The topological polar surface area (TPSA) is 116 Å². The number of carbonyl (C=O) groups is 1. The molecule has 3 aromatic rings. The number of nitro benzene ring substituents is 1. The molecule has 1 aromatic heterocycles. The zero-order chi connectivity index (χ0) is 17.8. The van der Waals surface area contributed by atoms with E-state index < -0.39 is 16.6 Å². The summed E-state index contributed by atoms with van der Waals surface area (Å²) in [5.74, 6) is -0.679. The van der Waals surface area contributed by atoms with Gasteiger partial charge in [0.25, 0.3) is 11.6 Å². The first-order valence-electron chi connectivity index (χ1n) is 7.10. The smallest absolute Gasteiger partial charge is 0.270 e. The number of hydrogen-bond acceptors (Lipinski definition) is 6. The first kappa shape index (κ1) is 16.2. The van der Waals surface area contributed by atoms with Crippen molar-refractivity contribution in [2.75, 3.05) is 0 Å². The van der Waals surface area contributed by atoms with Crippen molar-refractivity contribution < 1.29 is 14.1 Å². The number of nitro groups is 1. The molecule has 0 aliphatic rings. The highest BCUT2D eigenvalue weighted by Crippen LogP contribution is 2.13. The molecule has 10 heteroatoms. The van der Waals surface area contributed by atoms with Crippen LogP contribution in [0.15, 0.2) is 48.5 Å². The number of hydrogen-bond donors (Lipinski definition) is 1. The number of amides is 1. The summed E-state index contributed by atoms with van der Waals surface area (Å²) < 4.78 is 14.6. The summed E-state index contributed by atoms with van der Waals surface area (Å²) in [6.07, 6.45) is 0. The fourth-order valence-electron chi connectivity index (χ4n) is 2.15. The zero-order valence-electron chi connectivity index (χ0n) is 12.7. The van der Waals surface area contributed by atoms with Crippen LogP contribution in [0, 0.1) is 15.9 Å². The molecule has 0 aliphatic heterocycles. The third-order valence-corrected chi connectivity index (χ3v) is 3.31. The van der Waals surface area contributed by atoms with Gasteiger partial charge < -0.3 is 5.32 Å². The summed E-state index contributed by atoms with van der Waals surface area (Å²) in [7, 11) is 0. The van der Waals surface area contributed by atoms with Crippen LogP contribution in [0.3, 0.4) is 0 Å². The van der Waals surface area contributed by atoms with E-state index in [1.54, 1.807) is 6.07 Å². The van der Waals surface area contributed by atoms with Crippen LogP contribution in [0.1, 0.15) is 16.2 Å². The average molecular weight is 342 g/mol. The van der Waals surface area contributed by atoms with Crippen LogP contribution in [0.5, 0.6) is 0 Å². The molecule has 126 valence electrons. The second kappa shape index (κ2) is 6.83. The third kappa shape index (κ3) is 3.63. The number of carbonyl (C=O) groups excluding carboxylic acids is 1. The van der Waals surface area contributed by atoms with Gasteiger partial charge in [-0.1, -0.05) is 12.1 Å². The van der Waals surface area contributed by atoms with Crippen LogP contribution in [0.4, 0.5) is 10.1 Å². The highest BCUT2D eigenvalue weighted by Gasteiger charge is 2.14. The zero-order valence-corrected chi connectivity index (χ0v) is 12.7. The van der Waals surface area contributed by atoms with Crippen molar-refractivity contribution in [3.05, 3.63) is 75.9 Å². The van der Waals surface area contributed by atoms with Crippen LogP contribution in [0.2, 0.25) is 0 Å². The van der Waals surface area contributed by atoms with Gasteiger partial charge in [0, 0.05) is 17.7 Å². The Balaban J connectivity index is 1.75. The predicted octanol–water partition coefficient (Wildman–Crippen LogP) is 1.64. The van der Waals surface area contributed by atoms with Crippen molar-refractivity contribution in [2.24, 2.45) is 0 Å². The maximum Gasteiger partial charge on any atom is 0.270 e. The fourth-order valence-corrected chi connectivity index (χ4v) is 2.15. The molecule has 0 unspecified atom stereocenters. The molecule has 2 aromatic carbocycles. The van der Waals surface area contributed by atoms with E-state index in [4.69, 9.17) is 0 Å². The Morgan fingerprint density at radius 3 is 2.80 bits per heavy atom. The minimum Gasteiger partial charge on any atom is -0.345 e. The van der Waals surface area contributed by atoms with E-state index >= 15 is 0 Å². The molecule has 0 saturated carbocycles. The van der Waals surface area contributed by atoms with Gasteiger partial charge in [-0.25, -0.2) is 4.39 Å². The van der Waals surface area contributed by atoms with Crippen molar-refractivity contribution in [3.8, 4) is 5.69 Å². The molecular formula is C15H11FN6O3. The van der Waals surface area contributed by atoms with E-state index in [-0.39, 0.29) is 23.6 Å². The number of aromatic nitrogens is 4. The SMILES string of the molecule is O=C(NCc1nnnn1-c1cccc(F)c1)c1cccc([N+](=O)[O-])c1. The van der Waals surface area contributed by atoms with Gasteiger partial charge in [0.1, 0.15) is 5.82 Å². The minimum absolute atomic E-state index is 0.0367. The normalized spacial score (nSPS) is 10.4. The Morgan fingerprint density at radius 2 is 2.04 bits per heavy atom. The molecule has 0 spiro atoms. The lowest BCUT2D eigenvalue weighted by Gasteiger charge is -2.06. The fraction of sp³-hybridized carbons (Fsp3) is 0.0667. The lowest BCUT2D eigenvalue weighted by molar-refractivity contribution is -0.384. The van der Waals surface area contributed by atoms with E-state index in [1.807, 2.05) is 0 Å². The standard InChI is InChI=1S/C15H11FN6O3/c16-11-4-2-5-12(8-11)21-14(18-19-20-21)9-17-15(23)10-3-1-6-13(7-10)22(24)25/h1-8H,9H2,(H,17,23). The van der Waals surface area contributed by atoms with Gasteiger partial charge in [0.15, 0.2) is 5.82 Å². The molecule has 1 N–H and O–H groups in total. The summed E-state index contributed by atoms with van der Waals surface area (Å²) in [6.45, 7) is -0.0367. The van der Waals surface area contributed by atoms with Gasteiger partial charge in [-0.15, -0.1) is 5.10 Å². The molecular weight excluding hydrogens is 331 g/mol. The first-order chi connectivity index (χ1) is 12.0. The van der Waals surface area contributed by atoms with Gasteiger partial charge in [-0.2, -0.15) is 4.68 Å². The Bertz CT molecular complexity index is 942. The Labute approximate surface area is 140 Å². The minimum atomic E-state index is -0.582. The summed E-state index contributed by atoms with van der Waals surface area (Å²) in [5, 5.41) is 24.4. The van der Waals surface area contributed by atoms with Crippen LogP contribution in [-0.2, 0) is 6.54 Å². The van der Waals surface area contributed by atoms with E-state index in [0.717, 1.165) is 0 Å². The predicted molar refractivity (Wildman–Crippen MR) is 83.4 cm³/mol. The summed E-state index contributed by atoms with van der Waals surface area (Å²) in [5.41, 5.74) is 0.362. The average Bonchev–Trinajstić information content (AvgIpc) is 3.08. The summed E-state index contributed by atoms with van der Waals surface area (Å²) >= 11 is 0. The van der Waals surface area contributed by atoms with E-state index in [1.165, 1.54) is 47.1 Å². The van der Waals surface area contributed by atoms with E-state index in [2.05, 4.69) is 20.8 Å². The molecule has 0 bridgehead atoms. The molecule has 3 rings (SSSR count). The molecule has 0 aliphatic carbocycles. The van der Waals surface area contributed by atoms with E-state index in [9.17, 15) is 19.3 Å². The number of benzene rings is 2. The number of nitrogens with one attached hydrogen (secondary N) is 1. The lowest BCUT2D eigenvalue weighted by Crippen LogP contribution is -2.24. The molecule has 0 saturated heterocycles. The summed E-state index contributed by atoms with van der Waals surface area (Å²) in [4.78, 5) is 22.3. The lowest BCUT2D eigenvalue weighted by atomic mass is 10.2. The second-order valence-corrected chi connectivity index (χ2v) is 4.98. The molecule has 0 atom stereocenters. The number of rotatable bonds is 5. The van der Waals surface area contributed by atoms with Crippen molar-refractivity contribution >= 4 is 11.6 Å². The highest BCUT2D eigenvalue weighted by atomic mass is 19.1. The maximum atomic E-state index is 13.3. The number of nitrogens with zero attached hydrogens (tertiary/aromatic N) is 5. The quantitative estimate of drug-likeness (QED) is 0.556. The number of halogens is 1. The largest absolute Gasteiger partial charge is 0.345 e. The number of tetrazole rings is 1. The van der Waals surface area contributed by atoms with Gasteiger partial charge >= 0.3 is 0 Å². The Morgan fingerprint density at radius 1 is 1.24 bits per heavy atom. The van der Waals surface area contributed by atoms with Crippen LogP contribution in [-0.4, -0.2) is 31.0 Å². The maximum absolute atomic E-state index is 13.3. The molecule has 9 nitrogen and oxygen atoms in total. The van der Waals surface area contributed by atoms with Crippen molar-refractivity contribution in [2.45, 2.75) is 6.54 Å². The van der Waals surface area contributed by atoms with Crippen LogP contribution >= 0.6 is 0 Å². The third-order valence-electron chi connectivity index (χ3n) is 3.31. The molecule has 0 radical (unpaired) electrons. The van der Waals surface area contributed by atoms with Gasteiger partial charge in [0.2, 0.25) is 0 Å². The van der Waals surface area contributed by atoms with Gasteiger partial charge in [0.05, 0.1) is 17.2 Å². The van der Waals surface area contributed by atoms with Crippen LogP contribution in [0.25, 0.3) is 5.69 Å². The second-order valence-electron chi connectivity index (χ2n) is 4.98. The van der Waals surface area contributed by atoms with Gasteiger partial charge in [-0.3, -0.25) is 14.9 Å². The van der Waals surface area contributed by atoms with Gasteiger partial charge in [-0.05, 0) is 34.7 Å². The van der Waals surface area contributed by atoms with Crippen molar-refractivity contribution in [3.63, 3.8) is 0 Å². The van der Waals surface area contributed by atoms with Crippen LogP contribution < -0.4 is 5.32 Å². The van der Waals surface area contributed by atoms with E-state index in [0.29, 0.717) is 5.69 Å². The molecule has 1 heterocycles. The van der Waals surface area contributed by atoms with Crippen molar-refractivity contribution in [1.82, 2.24) is 25.5 Å². The molecule has 1 amide bonds. The highest BCUT2D eigenvalue weighted by molar-refractivity contribution is 5.94. The molecule has 0 fully saturated rings. The molecule has 25 heavy (non-hydrogen) atoms. The Kier molecular flexibility index (Phi) is 4.42.